The monoisotopic (exact) mass is 354 g/mol. The number of piperazine rings is 1. The smallest absolute Gasteiger partial charge is 0.421 e. The zero-order valence-corrected chi connectivity index (χ0v) is 15.2. The summed E-state index contributed by atoms with van der Waals surface area (Å²) in [7, 11) is 0. The third-order valence-electron chi connectivity index (χ3n) is 5.20. The summed E-state index contributed by atoms with van der Waals surface area (Å²) in [4.78, 5) is 2.43. The molecule has 0 spiro atoms. The molecule has 0 amide bonds. The van der Waals surface area contributed by atoms with Gasteiger partial charge in [0.2, 0.25) is 0 Å². The van der Waals surface area contributed by atoms with Gasteiger partial charge in [0.05, 0.1) is 0 Å². The molecule has 0 bridgehead atoms. The lowest BCUT2D eigenvalue weighted by Crippen LogP contribution is -2.67. The minimum absolute atomic E-state index is 0.00401. The summed E-state index contributed by atoms with van der Waals surface area (Å²) >= 11 is 0. The van der Waals surface area contributed by atoms with Crippen molar-refractivity contribution >= 4 is 5.69 Å². The number of hydrogen-bond donors (Lipinski definition) is 2. The fraction of sp³-hybridized carbons (Fsp3) is 0.684. The lowest BCUT2D eigenvalue weighted by molar-refractivity contribution is -0.200. The standard InChI is InChI=1S/C19H28F2N2O2/c1-13-10-14(25-19(20,21)12-24)8-9-16(13)23-11-18(2,3)22-15-6-4-5-7-17(15)23/h8-10,15,17,22,24H,4-7,11-12H2,1-3H3/t15-,17+/m1/s1. The zero-order valence-electron chi connectivity index (χ0n) is 15.2. The van der Waals surface area contributed by atoms with Gasteiger partial charge in [-0.25, -0.2) is 0 Å². The van der Waals surface area contributed by atoms with Crippen LogP contribution in [-0.2, 0) is 0 Å². The highest BCUT2D eigenvalue weighted by atomic mass is 19.3. The maximum absolute atomic E-state index is 13.3. The van der Waals surface area contributed by atoms with Gasteiger partial charge in [-0.3, -0.25) is 0 Å². The molecule has 1 aromatic rings. The lowest BCUT2D eigenvalue weighted by Gasteiger charge is -2.52. The van der Waals surface area contributed by atoms with Crippen molar-refractivity contribution in [3.63, 3.8) is 0 Å². The summed E-state index contributed by atoms with van der Waals surface area (Å²) in [6.45, 7) is 5.89. The number of halogens is 2. The van der Waals surface area contributed by atoms with E-state index in [1.165, 1.54) is 19.3 Å². The predicted molar refractivity (Wildman–Crippen MR) is 94.4 cm³/mol. The third-order valence-corrected chi connectivity index (χ3v) is 5.20. The summed E-state index contributed by atoms with van der Waals surface area (Å²) in [5.74, 6) is 0.0786. The Bertz CT molecular complexity index is 621. The summed E-state index contributed by atoms with van der Waals surface area (Å²) in [6, 6.07) is 5.97. The number of benzene rings is 1. The van der Waals surface area contributed by atoms with Crippen molar-refractivity contribution in [2.45, 2.75) is 70.2 Å². The van der Waals surface area contributed by atoms with Gasteiger partial charge in [-0.15, -0.1) is 0 Å². The van der Waals surface area contributed by atoms with Gasteiger partial charge in [-0.2, -0.15) is 8.78 Å². The molecule has 6 heteroatoms. The molecule has 1 aliphatic heterocycles. The second kappa shape index (κ2) is 6.72. The van der Waals surface area contributed by atoms with E-state index in [2.05, 4.69) is 28.8 Å². The molecule has 1 saturated heterocycles. The van der Waals surface area contributed by atoms with E-state index in [9.17, 15) is 8.78 Å². The number of aryl methyl sites for hydroxylation is 1. The molecule has 1 heterocycles. The van der Waals surface area contributed by atoms with Crippen LogP contribution in [0.25, 0.3) is 0 Å². The second-order valence-electron chi connectivity index (χ2n) is 7.96. The number of anilines is 1. The van der Waals surface area contributed by atoms with Crippen molar-refractivity contribution in [3.05, 3.63) is 23.8 Å². The second-order valence-corrected chi connectivity index (χ2v) is 7.96. The Morgan fingerprint density at radius 3 is 2.72 bits per heavy atom. The SMILES string of the molecule is Cc1cc(OC(F)(F)CO)ccc1N1CC(C)(C)N[C@@H]2CCCC[C@@H]21. The van der Waals surface area contributed by atoms with Crippen molar-refractivity contribution in [3.8, 4) is 5.75 Å². The number of fused-ring (bicyclic) bond motifs is 1. The first-order valence-corrected chi connectivity index (χ1v) is 9.03. The highest BCUT2D eigenvalue weighted by Gasteiger charge is 2.41. The van der Waals surface area contributed by atoms with E-state index in [-0.39, 0.29) is 11.3 Å². The number of aliphatic hydroxyl groups excluding tert-OH is 1. The van der Waals surface area contributed by atoms with E-state index in [0.29, 0.717) is 12.1 Å². The largest absolute Gasteiger partial charge is 0.431 e. The van der Waals surface area contributed by atoms with E-state index in [4.69, 9.17) is 5.11 Å². The number of nitrogens with zero attached hydrogens (tertiary/aromatic N) is 1. The van der Waals surface area contributed by atoms with Crippen LogP contribution in [0.1, 0.15) is 45.1 Å². The van der Waals surface area contributed by atoms with E-state index in [1.807, 2.05) is 13.0 Å². The van der Waals surface area contributed by atoms with Gasteiger partial charge in [0.15, 0.2) is 0 Å². The van der Waals surface area contributed by atoms with Gasteiger partial charge >= 0.3 is 6.11 Å². The van der Waals surface area contributed by atoms with Crippen LogP contribution in [0, 0.1) is 6.92 Å². The number of nitrogens with one attached hydrogen (secondary N) is 1. The molecule has 1 saturated carbocycles. The maximum atomic E-state index is 13.3. The average molecular weight is 354 g/mol. The average Bonchev–Trinajstić information content (AvgIpc) is 2.53. The van der Waals surface area contributed by atoms with Crippen molar-refractivity contribution in [1.82, 2.24) is 5.32 Å². The van der Waals surface area contributed by atoms with Gasteiger partial charge in [0.25, 0.3) is 0 Å². The van der Waals surface area contributed by atoms with Gasteiger partial charge < -0.3 is 20.1 Å². The Hall–Kier alpha value is -1.40. The first kappa shape index (κ1) is 18.4. The molecule has 1 aromatic carbocycles. The molecular formula is C19H28F2N2O2. The quantitative estimate of drug-likeness (QED) is 0.869. The summed E-state index contributed by atoms with van der Waals surface area (Å²) < 4.78 is 31.1. The molecule has 25 heavy (non-hydrogen) atoms. The normalized spacial score (nSPS) is 26.2. The Balaban J connectivity index is 1.86. The molecule has 1 aliphatic carbocycles. The Labute approximate surface area is 148 Å². The predicted octanol–water partition coefficient (Wildman–Crippen LogP) is 3.46. The number of ether oxygens (including phenoxy) is 1. The first-order chi connectivity index (χ1) is 11.7. The number of rotatable bonds is 4. The first-order valence-electron chi connectivity index (χ1n) is 9.03. The summed E-state index contributed by atoms with van der Waals surface area (Å²) in [5, 5.41) is 12.5. The van der Waals surface area contributed by atoms with Gasteiger partial charge in [-0.05, 0) is 57.4 Å². The maximum Gasteiger partial charge on any atom is 0.421 e. The summed E-state index contributed by atoms with van der Waals surface area (Å²) in [5.41, 5.74) is 1.99. The van der Waals surface area contributed by atoms with Crippen molar-refractivity contribution in [2.75, 3.05) is 18.1 Å². The van der Waals surface area contributed by atoms with Crippen LogP contribution in [0.3, 0.4) is 0 Å². The highest BCUT2D eigenvalue weighted by Crippen LogP contribution is 2.36. The Morgan fingerprint density at radius 2 is 2.04 bits per heavy atom. The molecule has 2 N–H and O–H groups in total. The third kappa shape index (κ3) is 4.06. The van der Waals surface area contributed by atoms with Gasteiger partial charge in [-0.1, -0.05) is 12.8 Å². The van der Waals surface area contributed by atoms with Crippen LogP contribution < -0.4 is 15.0 Å². The summed E-state index contributed by atoms with van der Waals surface area (Å²) in [6.07, 6.45) is 1.24. The molecule has 2 atom stereocenters. The van der Waals surface area contributed by atoms with E-state index in [1.54, 1.807) is 12.1 Å². The number of alkyl halides is 2. The fourth-order valence-corrected chi connectivity index (χ4v) is 4.23. The molecule has 3 rings (SSSR count). The van der Waals surface area contributed by atoms with Crippen molar-refractivity contribution in [1.29, 1.82) is 0 Å². The van der Waals surface area contributed by atoms with Crippen LogP contribution in [0.2, 0.25) is 0 Å². The molecule has 0 unspecified atom stereocenters. The number of hydrogen-bond acceptors (Lipinski definition) is 4. The molecule has 0 aromatic heterocycles. The highest BCUT2D eigenvalue weighted by molar-refractivity contribution is 5.57. The van der Waals surface area contributed by atoms with Crippen molar-refractivity contribution in [2.24, 2.45) is 0 Å². The van der Waals surface area contributed by atoms with E-state index in [0.717, 1.165) is 24.2 Å². The zero-order chi connectivity index (χ0) is 18.2. The molecule has 140 valence electrons. The minimum atomic E-state index is -3.56. The fourth-order valence-electron chi connectivity index (χ4n) is 4.23. The molecule has 4 nitrogen and oxygen atoms in total. The molecule has 2 aliphatic rings. The Morgan fingerprint density at radius 1 is 1.32 bits per heavy atom. The minimum Gasteiger partial charge on any atom is -0.431 e. The van der Waals surface area contributed by atoms with Gasteiger partial charge in [0.1, 0.15) is 12.4 Å². The lowest BCUT2D eigenvalue weighted by atomic mass is 9.83. The topological polar surface area (TPSA) is 44.7 Å². The van der Waals surface area contributed by atoms with Crippen LogP contribution in [0.5, 0.6) is 5.75 Å². The van der Waals surface area contributed by atoms with Crippen LogP contribution in [0.15, 0.2) is 18.2 Å². The molecule has 2 fully saturated rings. The van der Waals surface area contributed by atoms with Crippen LogP contribution >= 0.6 is 0 Å². The van der Waals surface area contributed by atoms with E-state index < -0.39 is 12.7 Å². The molecule has 0 radical (unpaired) electrons. The van der Waals surface area contributed by atoms with E-state index >= 15 is 0 Å². The number of aliphatic hydroxyl groups is 1. The molecular weight excluding hydrogens is 326 g/mol. The van der Waals surface area contributed by atoms with Crippen LogP contribution in [0.4, 0.5) is 14.5 Å². The Kier molecular flexibility index (Phi) is 4.95. The van der Waals surface area contributed by atoms with Crippen molar-refractivity contribution < 1.29 is 18.6 Å². The van der Waals surface area contributed by atoms with Crippen LogP contribution in [-0.4, -0.2) is 42.0 Å². The van der Waals surface area contributed by atoms with Gasteiger partial charge in [0, 0.05) is 29.9 Å².